The Labute approximate surface area is 134 Å². The number of nitrogens with one attached hydrogen (secondary N) is 1. The summed E-state index contributed by atoms with van der Waals surface area (Å²) < 4.78 is 10.6. The molecule has 23 heavy (non-hydrogen) atoms. The van der Waals surface area contributed by atoms with Gasteiger partial charge in [-0.25, -0.2) is 9.97 Å². The highest BCUT2D eigenvalue weighted by molar-refractivity contribution is 5.86. The first kappa shape index (κ1) is 15.1. The number of H-pyrrole nitrogens is 1. The Hall–Kier alpha value is -2.83. The lowest BCUT2D eigenvalue weighted by atomic mass is 10.2. The quantitative estimate of drug-likeness (QED) is 0.779. The number of methoxy groups -OCH3 is 2. The molecule has 1 aromatic carbocycles. The predicted octanol–water partition coefficient (Wildman–Crippen LogP) is 2.31. The van der Waals surface area contributed by atoms with E-state index in [1.54, 1.807) is 20.5 Å². The number of fused-ring (bicyclic) bond motifs is 1. The van der Waals surface area contributed by atoms with E-state index in [-0.39, 0.29) is 0 Å². The number of hydrogen-bond acceptors (Lipinski definition) is 6. The van der Waals surface area contributed by atoms with E-state index in [9.17, 15) is 0 Å². The Morgan fingerprint density at radius 2 is 1.87 bits per heavy atom. The first-order valence-corrected chi connectivity index (χ1v) is 7.21. The second kappa shape index (κ2) is 6.12. The summed E-state index contributed by atoms with van der Waals surface area (Å²) in [6, 6.07) is 5.87. The minimum absolute atomic E-state index is 0.665. The number of hydrogen-bond donors (Lipinski definition) is 1. The van der Waals surface area contributed by atoms with Gasteiger partial charge >= 0.3 is 0 Å². The molecule has 7 heteroatoms. The minimum atomic E-state index is 0.665. The van der Waals surface area contributed by atoms with Crippen LogP contribution >= 0.6 is 0 Å². The van der Waals surface area contributed by atoms with Crippen LogP contribution in [0.5, 0.6) is 11.5 Å². The van der Waals surface area contributed by atoms with Gasteiger partial charge in [0.1, 0.15) is 11.8 Å². The molecule has 7 nitrogen and oxygen atoms in total. The third kappa shape index (κ3) is 2.77. The summed E-state index contributed by atoms with van der Waals surface area (Å²) in [7, 11) is 5.23. The smallest absolute Gasteiger partial charge is 0.161 e. The minimum Gasteiger partial charge on any atom is -0.493 e. The van der Waals surface area contributed by atoms with Crippen LogP contribution in [0.15, 0.2) is 24.5 Å². The van der Waals surface area contributed by atoms with Gasteiger partial charge in [-0.05, 0) is 24.6 Å². The normalized spacial score (nSPS) is 10.8. The maximum absolute atomic E-state index is 5.35. The predicted molar refractivity (Wildman–Crippen MR) is 88.1 cm³/mol. The van der Waals surface area contributed by atoms with Crippen LogP contribution < -0.4 is 14.4 Å². The Balaban J connectivity index is 1.90. The van der Waals surface area contributed by atoms with Crippen LogP contribution in [0.1, 0.15) is 11.3 Å². The van der Waals surface area contributed by atoms with Gasteiger partial charge in [-0.1, -0.05) is 6.07 Å². The molecule has 0 unspecified atom stereocenters. The molecule has 1 N–H and O–H groups in total. The van der Waals surface area contributed by atoms with E-state index in [2.05, 4.69) is 20.2 Å². The Morgan fingerprint density at radius 1 is 1.09 bits per heavy atom. The van der Waals surface area contributed by atoms with Crippen LogP contribution in [0.4, 0.5) is 5.82 Å². The SMILES string of the molecule is COc1ccc(CN(C)c2ncnc3c(C)[nH]nc23)cc1OC. The van der Waals surface area contributed by atoms with Gasteiger partial charge in [0.2, 0.25) is 0 Å². The molecular weight excluding hydrogens is 294 g/mol. The number of benzene rings is 1. The van der Waals surface area contributed by atoms with Crippen LogP contribution in [0.2, 0.25) is 0 Å². The number of ether oxygens (including phenoxy) is 2. The van der Waals surface area contributed by atoms with Crippen molar-refractivity contribution < 1.29 is 9.47 Å². The summed E-state index contributed by atoms with van der Waals surface area (Å²) >= 11 is 0. The van der Waals surface area contributed by atoms with Gasteiger partial charge in [0.05, 0.1) is 19.9 Å². The first-order valence-electron chi connectivity index (χ1n) is 7.21. The van der Waals surface area contributed by atoms with E-state index in [1.165, 1.54) is 0 Å². The van der Waals surface area contributed by atoms with Crippen molar-refractivity contribution in [1.29, 1.82) is 0 Å². The second-order valence-electron chi connectivity index (χ2n) is 5.29. The fourth-order valence-corrected chi connectivity index (χ4v) is 2.55. The Kier molecular flexibility index (Phi) is 4.01. The lowest BCUT2D eigenvalue weighted by Crippen LogP contribution is -2.18. The molecule has 0 aliphatic heterocycles. The van der Waals surface area contributed by atoms with Gasteiger partial charge in [-0.2, -0.15) is 5.10 Å². The first-order chi connectivity index (χ1) is 11.1. The molecule has 0 radical (unpaired) electrons. The number of rotatable bonds is 5. The molecule has 0 fully saturated rings. The number of anilines is 1. The highest BCUT2D eigenvalue weighted by atomic mass is 16.5. The molecule has 0 bridgehead atoms. The summed E-state index contributed by atoms with van der Waals surface area (Å²) in [5.41, 5.74) is 3.63. The molecule has 3 aromatic rings. The van der Waals surface area contributed by atoms with Crippen LogP contribution in [-0.2, 0) is 6.54 Å². The van der Waals surface area contributed by atoms with Crippen molar-refractivity contribution in [3.63, 3.8) is 0 Å². The van der Waals surface area contributed by atoms with E-state index in [1.807, 2.05) is 37.1 Å². The Bertz CT molecular complexity index is 830. The van der Waals surface area contributed by atoms with Crippen LogP contribution in [0.25, 0.3) is 11.0 Å². The summed E-state index contributed by atoms with van der Waals surface area (Å²) in [5, 5.41) is 7.26. The average molecular weight is 313 g/mol. The monoisotopic (exact) mass is 313 g/mol. The maximum atomic E-state index is 5.35. The van der Waals surface area contributed by atoms with Gasteiger partial charge in [-0.15, -0.1) is 0 Å². The zero-order valence-corrected chi connectivity index (χ0v) is 13.6. The Morgan fingerprint density at radius 3 is 2.61 bits per heavy atom. The standard InChI is InChI=1S/C16H19N5O2/c1-10-14-15(20-19-10)16(18-9-17-14)21(2)8-11-5-6-12(22-3)13(7-11)23-4/h5-7,9H,8H2,1-4H3,(H,19,20). The topological polar surface area (TPSA) is 76.2 Å². The fourth-order valence-electron chi connectivity index (χ4n) is 2.55. The van der Waals surface area contributed by atoms with Crippen molar-refractivity contribution in [2.24, 2.45) is 0 Å². The van der Waals surface area contributed by atoms with E-state index in [0.717, 1.165) is 28.1 Å². The van der Waals surface area contributed by atoms with Gasteiger partial charge in [0, 0.05) is 13.6 Å². The average Bonchev–Trinajstić information content (AvgIpc) is 2.96. The number of aryl methyl sites for hydroxylation is 1. The van der Waals surface area contributed by atoms with Crippen molar-refractivity contribution in [2.75, 3.05) is 26.2 Å². The molecule has 0 saturated heterocycles. The highest BCUT2D eigenvalue weighted by Gasteiger charge is 2.14. The number of aromatic nitrogens is 4. The van der Waals surface area contributed by atoms with Gasteiger partial charge in [0.15, 0.2) is 22.8 Å². The zero-order valence-electron chi connectivity index (χ0n) is 13.6. The van der Waals surface area contributed by atoms with Crippen molar-refractivity contribution in [3.05, 3.63) is 35.8 Å². The van der Waals surface area contributed by atoms with E-state index < -0.39 is 0 Å². The molecule has 3 rings (SSSR count). The van der Waals surface area contributed by atoms with Crippen molar-refractivity contribution in [1.82, 2.24) is 20.2 Å². The van der Waals surface area contributed by atoms with E-state index in [0.29, 0.717) is 18.0 Å². The van der Waals surface area contributed by atoms with Gasteiger partial charge in [0.25, 0.3) is 0 Å². The molecule has 120 valence electrons. The molecular formula is C16H19N5O2. The third-order valence-electron chi connectivity index (χ3n) is 3.72. The van der Waals surface area contributed by atoms with E-state index >= 15 is 0 Å². The van der Waals surface area contributed by atoms with Crippen molar-refractivity contribution >= 4 is 16.9 Å². The van der Waals surface area contributed by atoms with Gasteiger partial charge in [-0.3, -0.25) is 5.10 Å². The molecule has 0 aliphatic carbocycles. The van der Waals surface area contributed by atoms with Gasteiger partial charge < -0.3 is 14.4 Å². The number of aromatic amines is 1. The molecule has 0 spiro atoms. The lowest BCUT2D eigenvalue weighted by molar-refractivity contribution is 0.354. The summed E-state index contributed by atoms with van der Waals surface area (Å²) in [6.45, 7) is 2.61. The maximum Gasteiger partial charge on any atom is 0.161 e. The summed E-state index contributed by atoms with van der Waals surface area (Å²) in [4.78, 5) is 10.7. The largest absolute Gasteiger partial charge is 0.493 e. The van der Waals surface area contributed by atoms with E-state index in [4.69, 9.17) is 9.47 Å². The molecule has 2 aromatic heterocycles. The van der Waals surface area contributed by atoms with Crippen LogP contribution in [0, 0.1) is 6.92 Å². The summed E-state index contributed by atoms with van der Waals surface area (Å²) in [6.07, 6.45) is 1.56. The molecule has 2 heterocycles. The van der Waals surface area contributed by atoms with Crippen LogP contribution in [0.3, 0.4) is 0 Å². The molecule has 0 aliphatic rings. The van der Waals surface area contributed by atoms with Crippen molar-refractivity contribution in [3.8, 4) is 11.5 Å². The molecule has 0 atom stereocenters. The molecule has 0 saturated carbocycles. The molecule has 0 amide bonds. The summed E-state index contributed by atoms with van der Waals surface area (Å²) in [5.74, 6) is 2.21. The lowest BCUT2D eigenvalue weighted by Gasteiger charge is -2.19. The van der Waals surface area contributed by atoms with Crippen molar-refractivity contribution in [2.45, 2.75) is 13.5 Å². The second-order valence-corrected chi connectivity index (χ2v) is 5.29. The van der Waals surface area contributed by atoms with Crippen LogP contribution in [-0.4, -0.2) is 41.4 Å². The third-order valence-corrected chi connectivity index (χ3v) is 3.72. The highest BCUT2D eigenvalue weighted by Crippen LogP contribution is 2.29. The zero-order chi connectivity index (χ0) is 16.4. The number of nitrogens with zero attached hydrogens (tertiary/aromatic N) is 4. The fraction of sp³-hybridized carbons (Fsp3) is 0.312.